The third-order valence-corrected chi connectivity index (χ3v) is 2.48. The Morgan fingerprint density at radius 3 is 2.80 bits per heavy atom. The van der Waals surface area contributed by atoms with Gasteiger partial charge in [-0.3, -0.25) is 4.98 Å². The van der Waals surface area contributed by atoms with E-state index in [-0.39, 0.29) is 0 Å². The average Bonchev–Trinajstić information content (AvgIpc) is 2.23. The van der Waals surface area contributed by atoms with Gasteiger partial charge in [0.25, 0.3) is 0 Å². The van der Waals surface area contributed by atoms with Crippen LogP contribution in [0.1, 0.15) is 5.69 Å². The summed E-state index contributed by atoms with van der Waals surface area (Å²) in [6, 6.07) is 5.00. The van der Waals surface area contributed by atoms with Crippen LogP contribution in [0.25, 0.3) is 11.1 Å². The van der Waals surface area contributed by atoms with Gasteiger partial charge in [-0.1, -0.05) is 11.6 Å². The maximum Gasteiger partial charge on any atom is 0.220 e. The zero-order valence-electron chi connectivity index (χ0n) is 8.04. The quantitative estimate of drug-likeness (QED) is 0.693. The molecule has 76 valence electrons. The Hall–Kier alpha value is -1.48. The maximum absolute atomic E-state index is 13.3. The van der Waals surface area contributed by atoms with E-state index in [9.17, 15) is 4.39 Å². The van der Waals surface area contributed by atoms with Crippen LogP contribution in [0.4, 0.5) is 4.39 Å². The summed E-state index contributed by atoms with van der Waals surface area (Å²) >= 11 is 5.91. The molecule has 2 aromatic heterocycles. The molecule has 0 fully saturated rings. The summed E-state index contributed by atoms with van der Waals surface area (Å²) in [4.78, 5) is 7.64. The Morgan fingerprint density at radius 1 is 1.33 bits per heavy atom. The topological polar surface area (TPSA) is 25.8 Å². The first-order chi connectivity index (χ1) is 7.18. The normalized spacial score (nSPS) is 10.3. The molecule has 2 rings (SSSR count). The molecule has 15 heavy (non-hydrogen) atoms. The van der Waals surface area contributed by atoms with Crippen molar-refractivity contribution in [3.63, 3.8) is 0 Å². The number of hydrogen-bond donors (Lipinski definition) is 0. The van der Waals surface area contributed by atoms with Gasteiger partial charge in [0, 0.05) is 23.5 Å². The lowest BCUT2D eigenvalue weighted by Crippen LogP contribution is -1.90. The van der Waals surface area contributed by atoms with Crippen LogP contribution in [0, 0.1) is 12.9 Å². The van der Waals surface area contributed by atoms with Gasteiger partial charge in [0.2, 0.25) is 5.95 Å². The Morgan fingerprint density at radius 2 is 2.13 bits per heavy atom. The number of pyridine rings is 2. The van der Waals surface area contributed by atoms with Crippen LogP contribution in [-0.2, 0) is 0 Å². The third-order valence-electron chi connectivity index (χ3n) is 2.10. The third kappa shape index (κ3) is 1.97. The fourth-order valence-electron chi connectivity index (χ4n) is 1.25. The summed E-state index contributed by atoms with van der Waals surface area (Å²) in [6.45, 7) is 1.80. The summed E-state index contributed by atoms with van der Waals surface area (Å²) in [5.74, 6) is -0.515. The Kier molecular flexibility index (Phi) is 2.64. The number of halogens is 2. The van der Waals surface area contributed by atoms with Gasteiger partial charge >= 0.3 is 0 Å². The molecular weight excluding hydrogens is 215 g/mol. The molecule has 0 aliphatic heterocycles. The molecule has 0 aliphatic carbocycles. The molecule has 2 heterocycles. The number of rotatable bonds is 1. The Labute approximate surface area is 91.8 Å². The van der Waals surface area contributed by atoms with Crippen molar-refractivity contribution in [2.75, 3.05) is 0 Å². The first kappa shape index (κ1) is 10.1. The van der Waals surface area contributed by atoms with Crippen molar-refractivity contribution in [2.24, 2.45) is 0 Å². The molecule has 0 unspecified atom stereocenters. The molecule has 0 aromatic carbocycles. The molecule has 2 aromatic rings. The van der Waals surface area contributed by atoms with Crippen LogP contribution in [-0.4, -0.2) is 9.97 Å². The van der Waals surface area contributed by atoms with Crippen molar-refractivity contribution >= 4 is 11.6 Å². The van der Waals surface area contributed by atoms with Crippen LogP contribution in [0.5, 0.6) is 0 Å². The lowest BCUT2D eigenvalue weighted by molar-refractivity contribution is 0.587. The van der Waals surface area contributed by atoms with Crippen LogP contribution < -0.4 is 0 Å². The van der Waals surface area contributed by atoms with Crippen molar-refractivity contribution in [1.29, 1.82) is 0 Å². The molecule has 0 spiro atoms. The van der Waals surface area contributed by atoms with E-state index in [2.05, 4.69) is 9.97 Å². The standard InChI is InChI=1S/C11H8ClFN2/c1-7-10(12)5-8(6-15-7)9-3-2-4-14-11(9)13/h2-6H,1H3. The highest BCUT2D eigenvalue weighted by Gasteiger charge is 2.07. The van der Waals surface area contributed by atoms with E-state index in [1.165, 1.54) is 6.20 Å². The minimum atomic E-state index is -0.515. The van der Waals surface area contributed by atoms with Gasteiger partial charge in [-0.2, -0.15) is 4.39 Å². The first-order valence-corrected chi connectivity index (χ1v) is 4.79. The molecule has 2 nitrogen and oxygen atoms in total. The number of nitrogens with zero attached hydrogens (tertiary/aromatic N) is 2. The number of hydrogen-bond acceptors (Lipinski definition) is 2. The summed E-state index contributed by atoms with van der Waals surface area (Å²) in [6.07, 6.45) is 2.99. The first-order valence-electron chi connectivity index (χ1n) is 4.41. The fraction of sp³-hybridized carbons (Fsp3) is 0.0909. The van der Waals surface area contributed by atoms with Gasteiger partial charge in [-0.25, -0.2) is 4.98 Å². The molecular formula is C11H8ClFN2. The van der Waals surface area contributed by atoms with E-state index in [0.29, 0.717) is 16.1 Å². The van der Waals surface area contributed by atoms with Crippen molar-refractivity contribution in [1.82, 2.24) is 9.97 Å². The molecule has 0 amide bonds. The lowest BCUT2D eigenvalue weighted by atomic mass is 10.1. The molecule has 0 aliphatic rings. The van der Waals surface area contributed by atoms with Crippen molar-refractivity contribution in [3.8, 4) is 11.1 Å². The molecule has 0 saturated heterocycles. The van der Waals surface area contributed by atoms with Gasteiger partial charge in [0.05, 0.1) is 10.7 Å². The summed E-state index contributed by atoms with van der Waals surface area (Å²) in [5.41, 5.74) is 1.77. The van der Waals surface area contributed by atoms with Crippen molar-refractivity contribution < 1.29 is 4.39 Å². The lowest BCUT2D eigenvalue weighted by Gasteiger charge is -2.03. The van der Waals surface area contributed by atoms with Crippen molar-refractivity contribution in [3.05, 3.63) is 47.3 Å². The van der Waals surface area contributed by atoms with Crippen LogP contribution in [0.2, 0.25) is 5.02 Å². The van der Waals surface area contributed by atoms with E-state index in [1.807, 2.05) is 0 Å². The smallest absolute Gasteiger partial charge is 0.220 e. The molecule has 0 atom stereocenters. The SMILES string of the molecule is Cc1ncc(-c2cccnc2F)cc1Cl. The van der Waals surface area contributed by atoms with E-state index in [0.717, 1.165) is 5.69 Å². The zero-order valence-corrected chi connectivity index (χ0v) is 8.79. The van der Waals surface area contributed by atoms with Crippen LogP contribution >= 0.6 is 11.6 Å². The predicted octanol–water partition coefficient (Wildman–Crippen LogP) is 3.24. The molecule has 0 bridgehead atoms. The highest BCUT2D eigenvalue weighted by atomic mass is 35.5. The molecule has 0 radical (unpaired) electrons. The average molecular weight is 223 g/mol. The summed E-state index contributed by atoms with van der Waals surface area (Å²) in [7, 11) is 0. The monoisotopic (exact) mass is 222 g/mol. The van der Waals surface area contributed by atoms with E-state index in [1.54, 1.807) is 31.3 Å². The summed E-state index contributed by atoms with van der Waals surface area (Å²) in [5, 5.41) is 0.524. The second kappa shape index (κ2) is 3.95. The number of aryl methyl sites for hydroxylation is 1. The zero-order chi connectivity index (χ0) is 10.8. The number of aromatic nitrogens is 2. The molecule has 4 heteroatoms. The van der Waals surface area contributed by atoms with E-state index in [4.69, 9.17) is 11.6 Å². The van der Waals surface area contributed by atoms with E-state index >= 15 is 0 Å². The second-order valence-corrected chi connectivity index (χ2v) is 3.54. The maximum atomic E-state index is 13.3. The van der Waals surface area contributed by atoms with Gasteiger partial charge in [-0.05, 0) is 25.1 Å². The van der Waals surface area contributed by atoms with Gasteiger partial charge < -0.3 is 0 Å². The molecule has 0 saturated carbocycles. The van der Waals surface area contributed by atoms with Gasteiger partial charge in [-0.15, -0.1) is 0 Å². The van der Waals surface area contributed by atoms with Gasteiger partial charge in [0.15, 0.2) is 0 Å². The predicted molar refractivity (Wildman–Crippen MR) is 57.2 cm³/mol. The highest BCUT2D eigenvalue weighted by Crippen LogP contribution is 2.24. The molecule has 0 N–H and O–H groups in total. The van der Waals surface area contributed by atoms with Crippen LogP contribution in [0.15, 0.2) is 30.6 Å². The second-order valence-electron chi connectivity index (χ2n) is 3.13. The Balaban J connectivity index is 2.55. The van der Waals surface area contributed by atoms with Crippen molar-refractivity contribution in [2.45, 2.75) is 6.92 Å². The largest absolute Gasteiger partial charge is 0.259 e. The minimum absolute atomic E-state index is 0.409. The fourth-order valence-corrected chi connectivity index (χ4v) is 1.42. The van der Waals surface area contributed by atoms with Crippen LogP contribution in [0.3, 0.4) is 0 Å². The van der Waals surface area contributed by atoms with Gasteiger partial charge in [0.1, 0.15) is 0 Å². The summed E-state index contributed by atoms with van der Waals surface area (Å²) < 4.78 is 13.3. The highest BCUT2D eigenvalue weighted by molar-refractivity contribution is 6.31. The minimum Gasteiger partial charge on any atom is -0.259 e. The Bertz CT molecular complexity index is 500. The van der Waals surface area contributed by atoms with E-state index < -0.39 is 5.95 Å².